The lowest BCUT2D eigenvalue weighted by Crippen LogP contribution is -2.11. The van der Waals surface area contributed by atoms with Gasteiger partial charge in [0.15, 0.2) is 0 Å². The highest BCUT2D eigenvalue weighted by Crippen LogP contribution is 2.46. The SMILES string of the molecule is c1ccc(-c2ccccc2N(c2ccccc2)c2ccc3c4ccccc4n(-c4cc(-c5cccc6c5oc5ccccc56)ccc4-c4cccc5c4oc4ccccc45)c3c2)cc1. The Hall–Kier alpha value is -8.60. The Kier molecular flexibility index (Phi) is 8.18. The molecule has 0 saturated carbocycles. The van der Waals surface area contributed by atoms with Crippen molar-refractivity contribution in [1.29, 1.82) is 0 Å². The minimum atomic E-state index is 0.867. The number of para-hydroxylation sites is 7. The molecule has 4 nitrogen and oxygen atoms in total. The van der Waals surface area contributed by atoms with Gasteiger partial charge >= 0.3 is 0 Å². The molecular weight excluding hydrogens is 781 g/mol. The lowest BCUT2D eigenvalue weighted by Gasteiger charge is -2.28. The summed E-state index contributed by atoms with van der Waals surface area (Å²) in [6.07, 6.45) is 0. The van der Waals surface area contributed by atoms with Crippen LogP contribution in [0.4, 0.5) is 17.1 Å². The van der Waals surface area contributed by atoms with E-state index < -0.39 is 0 Å². The van der Waals surface area contributed by atoms with Crippen molar-refractivity contribution in [2.75, 3.05) is 4.90 Å². The molecule has 0 aliphatic heterocycles. The van der Waals surface area contributed by atoms with Crippen LogP contribution in [0.1, 0.15) is 0 Å². The van der Waals surface area contributed by atoms with Crippen LogP contribution in [0.5, 0.6) is 0 Å². The molecule has 300 valence electrons. The van der Waals surface area contributed by atoms with Crippen molar-refractivity contribution in [3.63, 3.8) is 0 Å². The van der Waals surface area contributed by atoms with Crippen molar-refractivity contribution in [3.8, 4) is 39.1 Å². The molecule has 0 saturated heterocycles. The molecule has 0 atom stereocenters. The molecule has 4 heteroatoms. The third-order valence-corrected chi connectivity index (χ3v) is 12.8. The number of benzene rings is 10. The molecule has 3 aromatic heterocycles. The van der Waals surface area contributed by atoms with Crippen LogP contribution in [0.15, 0.2) is 239 Å². The Morgan fingerprint density at radius 2 is 0.875 bits per heavy atom. The van der Waals surface area contributed by atoms with Gasteiger partial charge in [-0.25, -0.2) is 0 Å². The number of hydrogen-bond acceptors (Lipinski definition) is 3. The fourth-order valence-corrected chi connectivity index (χ4v) is 9.94. The summed E-state index contributed by atoms with van der Waals surface area (Å²) in [4.78, 5) is 2.39. The zero-order chi connectivity index (χ0) is 42.1. The molecular formula is C60H38N2O2. The van der Waals surface area contributed by atoms with Crippen molar-refractivity contribution in [2.45, 2.75) is 0 Å². The molecule has 0 aliphatic carbocycles. The molecule has 13 aromatic rings. The second-order valence-electron chi connectivity index (χ2n) is 16.4. The molecule has 0 bridgehead atoms. The number of anilines is 3. The van der Waals surface area contributed by atoms with Gasteiger partial charge < -0.3 is 18.3 Å². The van der Waals surface area contributed by atoms with Crippen LogP contribution < -0.4 is 4.90 Å². The first-order chi connectivity index (χ1) is 31.8. The Balaban J connectivity index is 1.11. The second-order valence-corrected chi connectivity index (χ2v) is 16.4. The summed E-state index contributed by atoms with van der Waals surface area (Å²) in [5, 5.41) is 6.75. The Morgan fingerprint density at radius 1 is 0.312 bits per heavy atom. The summed E-state index contributed by atoms with van der Waals surface area (Å²) >= 11 is 0. The zero-order valence-corrected chi connectivity index (χ0v) is 34.7. The van der Waals surface area contributed by atoms with Gasteiger partial charge in [-0.15, -0.1) is 0 Å². The van der Waals surface area contributed by atoms with E-state index in [2.05, 4.69) is 222 Å². The number of nitrogens with zero attached hydrogens (tertiary/aromatic N) is 2. The van der Waals surface area contributed by atoms with E-state index in [1.165, 1.54) is 10.8 Å². The van der Waals surface area contributed by atoms with Crippen molar-refractivity contribution >= 4 is 82.7 Å². The van der Waals surface area contributed by atoms with E-state index in [0.29, 0.717) is 0 Å². The summed E-state index contributed by atoms with van der Waals surface area (Å²) in [6.45, 7) is 0. The molecule has 3 heterocycles. The smallest absolute Gasteiger partial charge is 0.143 e. The standard InChI is InChI=1S/C60H38N2O2/c1-3-17-39(18-4-1)43-21-7-11-29-53(43)61(41-19-5-2-6-20-41)42-34-36-46-45-22-8-12-30-54(45)62(56(46)38-42)55-37-40(44-25-15-27-51-48-23-9-13-31-57(48)63-59(44)51)33-35-47(55)50-26-16-28-52-49-24-10-14-32-58(49)64-60(50)52/h1-38H. The van der Waals surface area contributed by atoms with E-state index in [9.17, 15) is 0 Å². The van der Waals surface area contributed by atoms with Gasteiger partial charge in [0.25, 0.3) is 0 Å². The van der Waals surface area contributed by atoms with Crippen molar-refractivity contribution in [3.05, 3.63) is 231 Å². The molecule has 10 aromatic carbocycles. The highest BCUT2D eigenvalue weighted by Gasteiger charge is 2.23. The number of hydrogen-bond donors (Lipinski definition) is 0. The summed E-state index contributed by atoms with van der Waals surface area (Å²) in [5.74, 6) is 0. The monoisotopic (exact) mass is 818 g/mol. The van der Waals surface area contributed by atoms with E-state index in [4.69, 9.17) is 8.83 Å². The normalized spacial score (nSPS) is 11.8. The number of rotatable bonds is 7. The number of aromatic nitrogens is 1. The fourth-order valence-electron chi connectivity index (χ4n) is 9.94. The van der Waals surface area contributed by atoms with Gasteiger partial charge in [-0.1, -0.05) is 176 Å². The van der Waals surface area contributed by atoms with Crippen molar-refractivity contribution in [1.82, 2.24) is 4.57 Å². The molecule has 0 aliphatic rings. The van der Waals surface area contributed by atoms with Crippen LogP contribution in [0.3, 0.4) is 0 Å². The van der Waals surface area contributed by atoms with Crippen LogP contribution in [0.2, 0.25) is 0 Å². The van der Waals surface area contributed by atoms with E-state index in [-0.39, 0.29) is 0 Å². The van der Waals surface area contributed by atoms with Crippen LogP contribution in [-0.4, -0.2) is 4.57 Å². The molecule has 0 amide bonds. The molecule has 0 fully saturated rings. The first kappa shape index (κ1) is 36.1. The van der Waals surface area contributed by atoms with Gasteiger partial charge in [0.05, 0.1) is 22.4 Å². The fraction of sp³-hybridized carbons (Fsp3) is 0. The van der Waals surface area contributed by atoms with E-state index >= 15 is 0 Å². The van der Waals surface area contributed by atoms with Crippen LogP contribution in [-0.2, 0) is 0 Å². The van der Waals surface area contributed by atoms with Crippen molar-refractivity contribution in [2.24, 2.45) is 0 Å². The predicted molar refractivity (Wildman–Crippen MR) is 266 cm³/mol. The third kappa shape index (κ3) is 5.63. The maximum absolute atomic E-state index is 6.76. The van der Waals surface area contributed by atoms with Crippen molar-refractivity contribution < 1.29 is 8.83 Å². The Morgan fingerprint density at radius 3 is 1.62 bits per heavy atom. The van der Waals surface area contributed by atoms with E-state index in [1.807, 2.05) is 18.2 Å². The maximum atomic E-state index is 6.76. The van der Waals surface area contributed by atoms with E-state index in [1.54, 1.807) is 0 Å². The number of fused-ring (bicyclic) bond motifs is 9. The molecule has 13 rings (SSSR count). The minimum Gasteiger partial charge on any atom is -0.455 e. The third-order valence-electron chi connectivity index (χ3n) is 12.8. The molecule has 64 heavy (non-hydrogen) atoms. The van der Waals surface area contributed by atoms with Crippen LogP contribution in [0.25, 0.3) is 105 Å². The predicted octanol–water partition coefficient (Wildman–Crippen LogP) is 17.1. The topological polar surface area (TPSA) is 34.5 Å². The molecule has 0 unspecified atom stereocenters. The highest BCUT2D eigenvalue weighted by molar-refractivity contribution is 6.14. The number of furan rings is 2. The van der Waals surface area contributed by atoms with E-state index in [0.717, 1.165) is 111 Å². The van der Waals surface area contributed by atoms with Gasteiger partial charge in [-0.2, -0.15) is 0 Å². The average molecular weight is 819 g/mol. The molecule has 0 N–H and O–H groups in total. The summed E-state index contributed by atoms with van der Waals surface area (Å²) in [6, 6.07) is 82.2. The summed E-state index contributed by atoms with van der Waals surface area (Å²) in [5.41, 5.74) is 16.5. The summed E-state index contributed by atoms with van der Waals surface area (Å²) in [7, 11) is 0. The first-order valence-corrected chi connectivity index (χ1v) is 21.8. The minimum absolute atomic E-state index is 0.867. The lowest BCUT2D eigenvalue weighted by atomic mass is 9.95. The van der Waals surface area contributed by atoms with Crippen LogP contribution >= 0.6 is 0 Å². The first-order valence-electron chi connectivity index (χ1n) is 21.8. The molecule has 0 spiro atoms. The molecule has 0 radical (unpaired) electrons. The average Bonchev–Trinajstić information content (AvgIpc) is 4.04. The summed E-state index contributed by atoms with van der Waals surface area (Å²) < 4.78 is 15.9. The van der Waals surface area contributed by atoms with Gasteiger partial charge in [-0.3, -0.25) is 0 Å². The van der Waals surface area contributed by atoms with Gasteiger partial charge in [-0.05, 0) is 65.7 Å². The van der Waals surface area contributed by atoms with Gasteiger partial charge in [0.1, 0.15) is 22.3 Å². The highest BCUT2D eigenvalue weighted by atomic mass is 16.3. The van der Waals surface area contributed by atoms with Crippen LogP contribution in [0, 0.1) is 0 Å². The largest absolute Gasteiger partial charge is 0.455 e. The Bertz CT molecular complexity index is 3910. The van der Waals surface area contributed by atoms with Gasteiger partial charge in [0.2, 0.25) is 0 Å². The Labute approximate surface area is 369 Å². The quantitative estimate of drug-likeness (QED) is 0.161. The maximum Gasteiger partial charge on any atom is 0.143 e. The zero-order valence-electron chi connectivity index (χ0n) is 34.7. The second kappa shape index (κ2) is 14.5. The lowest BCUT2D eigenvalue weighted by molar-refractivity contribution is 0.669. The van der Waals surface area contributed by atoms with Gasteiger partial charge in [0, 0.05) is 65.9 Å².